The van der Waals surface area contributed by atoms with Gasteiger partial charge in [0.2, 0.25) is 5.91 Å². The van der Waals surface area contributed by atoms with Gasteiger partial charge in [0.25, 0.3) is 0 Å². The molecule has 0 unspecified atom stereocenters. The molecule has 0 aliphatic carbocycles. The van der Waals surface area contributed by atoms with Crippen molar-refractivity contribution in [3.63, 3.8) is 0 Å². The van der Waals surface area contributed by atoms with Crippen LogP contribution in [0.5, 0.6) is 0 Å². The topological polar surface area (TPSA) is 55.4 Å². The Kier molecular flexibility index (Phi) is 6.13. The molecule has 0 saturated heterocycles. The normalized spacial score (nSPS) is 10.3. The molecule has 0 radical (unpaired) electrons. The number of anilines is 1. The van der Waals surface area contributed by atoms with E-state index in [0.29, 0.717) is 30.7 Å². The van der Waals surface area contributed by atoms with E-state index in [0.717, 1.165) is 5.56 Å². The van der Waals surface area contributed by atoms with Gasteiger partial charge in [-0.25, -0.2) is 4.79 Å². The van der Waals surface area contributed by atoms with Crippen molar-refractivity contribution in [3.05, 3.63) is 64.7 Å². The summed E-state index contributed by atoms with van der Waals surface area (Å²) >= 11 is 0. The number of ether oxygens (including phenoxy) is 1. The summed E-state index contributed by atoms with van der Waals surface area (Å²) in [5, 5.41) is 2.81. The van der Waals surface area contributed by atoms with Crippen molar-refractivity contribution in [2.75, 3.05) is 11.9 Å². The number of hydrogen-bond acceptors (Lipinski definition) is 3. The lowest BCUT2D eigenvalue weighted by atomic mass is 10.0. The number of amides is 1. The zero-order valence-electron chi connectivity index (χ0n) is 14.4. The highest BCUT2D eigenvalue weighted by atomic mass is 16.5. The predicted octanol–water partition coefficient (Wildman–Crippen LogP) is 4.05. The highest BCUT2D eigenvalue weighted by molar-refractivity contribution is 6.01. The van der Waals surface area contributed by atoms with E-state index in [-0.39, 0.29) is 5.91 Å². The van der Waals surface area contributed by atoms with Crippen molar-refractivity contribution < 1.29 is 14.3 Å². The second-order valence-electron chi connectivity index (χ2n) is 5.73. The summed E-state index contributed by atoms with van der Waals surface area (Å²) in [7, 11) is 0. The number of nitrogens with one attached hydrogen (secondary N) is 1. The average Bonchev–Trinajstić information content (AvgIpc) is 2.56. The van der Waals surface area contributed by atoms with E-state index in [1.54, 1.807) is 31.2 Å². The Balaban J connectivity index is 1.99. The summed E-state index contributed by atoms with van der Waals surface area (Å²) < 4.78 is 5.01. The molecule has 126 valence electrons. The van der Waals surface area contributed by atoms with Crippen LogP contribution in [0.25, 0.3) is 0 Å². The van der Waals surface area contributed by atoms with Crippen LogP contribution in [-0.2, 0) is 16.0 Å². The lowest BCUT2D eigenvalue weighted by Gasteiger charge is -2.10. The smallest absolute Gasteiger partial charge is 0.340 e. The molecule has 4 nitrogen and oxygen atoms in total. The quantitative estimate of drug-likeness (QED) is 0.815. The molecule has 2 aromatic carbocycles. The number of esters is 1. The van der Waals surface area contributed by atoms with Crippen LogP contribution in [0.1, 0.15) is 40.4 Å². The van der Waals surface area contributed by atoms with Crippen LogP contribution in [0.4, 0.5) is 5.69 Å². The molecule has 0 fully saturated rings. The summed E-state index contributed by atoms with van der Waals surface area (Å²) in [4.78, 5) is 24.1. The van der Waals surface area contributed by atoms with Crippen LogP contribution in [0.2, 0.25) is 0 Å². The first kappa shape index (κ1) is 17.7. The molecule has 0 bridgehead atoms. The lowest BCUT2D eigenvalue weighted by Crippen LogP contribution is -2.16. The molecule has 0 saturated carbocycles. The summed E-state index contributed by atoms with van der Waals surface area (Å²) in [5.41, 5.74) is 4.46. The zero-order chi connectivity index (χ0) is 17.5. The third-order valence-corrected chi connectivity index (χ3v) is 3.91. The van der Waals surface area contributed by atoms with Crippen molar-refractivity contribution in [2.24, 2.45) is 0 Å². The SMILES string of the molecule is CCOC(=O)c1ccccc1NC(=O)CCc1ccc(C)c(C)c1. The van der Waals surface area contributed by atoms with Crippen molar-refractivity contribution in [1.82, 2.24) is 0 Å². The van der Waals surface area contributed by atoms with Gasteiger partial charge < -0.3 is 10.1 Å². The number of para-hydroxylation sites is 1. The first-order chi connectivity index (χ1) is 11.5. The van der Waals surface area contributed by atoms with Gasteiger partial charge in [0.1, 0.15) is 0 Å². The third-order valence-electron chi connectivity index (χ3n) is 3.91. The van der Waals surface area contributed by atoms with Gasteiger partial charge in [-0.05, 0) is 56.0 Å². The van der Waals surface area contributed by atoms with Gasteiger partial charge in [0.05, 0.1) is 17.9 Å². The molecule has 0 heterocycles. The van der Waals surface area contributed by atoms with Crippen molar-refractivity contribution in [2.45, 2.75) is 33.6 Å². The maximum Gasteiger partial charge on any atom is 0.340 e. The van der Waals surface area contributed by atoms with Crippen LogP contribution in [-0.4, -0.2) is 18.5 Å². The number of carbonyl (C=O) groups excluding carboxylic acids is 2. The van der Waals surface area contributed by atoms with Gasteiger partial charge >= 0.3 is 5.97 Å². The Morgan fingerprint density at radius 3 is 2.50 bits per heavy atom. The standard InChI is InChI=1S/C20H23NO3/c1-4-24-20(23)17-7-5-6-8-18(17)21-19(22)12-11-16-10-9-14(2)15(3)13-16/h5-10,13H,4,11-12H2,1-3H3,(H,21,22). The van der Waals surface area contributed by atoms with Crippen molar-refractivity contribution >= 4 is 17.6 Å². The molecular weight excluding hydrogens is 302 g/mol. The number of hydrogen-bond donors (Lipinski definition) is 1. The molecule has 2 rings (SSSR count). The number of rotatable bonds is 6. The Morgan fingerprint density at radius 2 is 1.79 bits per heavy atom. The maximum atomic E-state index is 12.2. The fraction of sp³-hybridized carbons (Fsp3) is 0.300. The molecular formula is C20H23NO3. The first-order valence-corrected chi connectivity index (χ1v) is 8.13. The maximum absolute atomic E-state index is 12.2. The molecule has 2 aromatic rings. The van der Waals surface area contributed by atoms with Crippen LogP contribution in [0, 0.1) is 13.8 Å². The molecule has 1 amide bonds. The van der Waals surface area contributed by atoms with Crippen LogP contribution >= 0.6 is 0 Å². The number of benzene rings is 2. The molecule has 0 atom stereocenters. The van der Waals surface area contributed by atoms with E-state index >= 15 is 0 Å². The average molecular weight is 325 g/mol. The van der Waals surface area contributed by atoms with E-state index in [4.69, 9.17) is 4.74 Å². The zero-order valence-corrected chi connectivity index (χ0v) is 14.4. The molecule has 0 aromatic heterocycles. The number of carbonyl (C=O) groups is 2. The molecule has 0 spiro atoms. The molecule has 24 heavy (non-hydrogen) atoms. The van der Waals surface area contributed by atoms with Gasteiger partial charge in [0.15, 0.2) is 0 Å². The van der Waals surface area contributed by atoms with Crippen molar-refractivity contribution in [1.29, 1.82) is 0 Å². The van der Waals surface area contributed by atoms with Gasteiger partial charge in [-0.3, -0.25) is 4.79 Å². The summed E-state index contributed by atoms with van der Waals surface area (Å²) in [6.07, 6.45) is 1.02. The largest absolute Gasteiger partial charge is 0.462 e. The number of aryl methyl sites for hydroxylation is 3. The van der Waals surface area contributed by atoms with Gasteiger partial charge in [0, 0.05) is 6.42 Å². The fourth-order valence-corrected chi connectivity index (χ4v) is 2.41. The predicted molar refractivity (Wildman–Crippen MR) is 95.3 cm³/mol. The summed E-state index contributed by atoms with van der Waals surface area (Å²) in [6.45, 7) is 6.18. The Morgan fingerprint density at radius 1 is 1.04 bits per heavy atom. The van der Waals surface area contributed by atoms with Crippen LogP contribution in [0.3, 0.4) is 0 Å². The van der Waals surface area contributed by atoms with E-state index in [9.17, 15) is 9.59 Å². The van der Waals surface area contributed by atoms with Gasteiger partial charge in [-0.15, -0.1) is 0 Å². The molecule has 1 N–H and O–H groups in total. The second-order valence-corrected chi connectivity index (χ2v) is 5.73. The highest BCUT2D eigenvalue weighted by Gasteiger charge is 2.13. The summed E-state index contributed by atoms with van der Waals surface area (Å²) in [5.74, 6) is -0.549. The summed E-state index contributed by atoms with van der Waals surface area (Å²) in [6, 6.07) is 13.1. The molecule has 0 aliphatic heterocycles. The highest BCUT2D eigenvalue weighted by Crippen LogP contribution is 2.17. The van der Waals surface area contributed by atoms with Crippen LogP contribution in [0.15, 0.2) is 42.5 Å². The van der Waals surface area contributed by atoms with Crippen molar-refractivity contribution in [3.8, 4) is 0 Å². The fourth-order valence-electron chi connectivity index (χ4n) is 2.41. The minimum Gasteiger partial charge on any atom is -0.462 e. The minimum atomic E-state index is -0.428. The van der Waals surface area contributed by atoms with E-state index in [1.807, 2.05) is 6.07 Å². The van der Waals surface area contributed by atoms with E-state index in [1.165, 1.54) is 11.1 Å². The monoisotopic (exact) mass is 325 g/mol. The van der Waals surface area contributed by atoms with Crippen LogP contribution < -0.4 is 5.32 Å². The Bertz CT molecular complexity index is 737. The molecule has 0 aliphatic rings. The first-order valence-electron chi connectivity index (χ1n) is 8.13. The Labute approximate surface area is 142 Å². The van der Waals surface area contributed by atoms with Gasteiger partial charge in [-0.2, -0.15) is 0 Å². The van der Waals surface area contributed by atoms with E-state index in [2.05, 4.69) is 31.3 Å². The minimum absolute atomic E-state index is 0.120. The molecule has 4 heteroatoms. The Hall–Kier alpha value is -2.62. The lowest BCUT2D eigenvalue weighted by molar-refractivity contribution is -0.116. The van der Waals surface area contributed by atoms with E-state index < -0.39 is 5.97 Å². The van der Waals surface area contributed by atoms with Gasteiger partial charge in [-0.1, -0.05) is 30.3 Å². The third kappa shape index (κ3) is 4.69. The second kappa shape index (κ2) is 8.29.